The van der Waals surface area contributed by atoms with E-state index in [1.165, 1.54) is 0 Å². The molecule has 2 unspecified atom stereocenters. The van der Waals surface area contributed by atoms with Gasteiger partial charge in [-0.2, -0.15) is 0 Å². The van der Waals surface area contributed by atoms with Gasteiger partial charge in [0.15, 0.2) is 0 Å². The summed E-state index contributed by atoms with van der Waals surface area (Å²) in [5.41, 5.74) is 1.91. The highest BCUT2D eigenvalue weighted by molar-refractivity contribution is 5.40. The SMILES string of the molecule is COc1ccc(C2COc3ccccc3C2O)cc1. The Balaban J connectivity index is 1.90. The number of hydrogen-bond donors (Lipinski definition) is 1. The average molecular weight is 256 g/mol. The van der Waals surface area contributed by atoms with Crippen molar-refractivity contribution in [3.63, 3.8) is 0 Å². The predicted molar refractivity (Wildman–Crippen MR) is 72.6 cm³/mol. The van der Waals surface area contributed by atoms with Crippen LogP contribution in [0.25, 0.3) is 0 Å². The van der Waals surface area contributed by atoms with E-state index in [2.05, 4.69) is 0 Å². The molecule has 0 bridgehead atoms. The molecule has 0 spiro atoms. The number of aliphatic hydroxyl groups excluding tert-OH is 1. The number of benzene rings is 2. The molecule has 2 atom stereocenters. The first-order valence-electron chi connectivity index (χ1n) is 6.33. The van der Waals surface area contributed by atoms with Gasteiger partial charge in [0, 0.05) is 11.5 Å². The van der Waals surface area contributed by atoms with Crippen molar-refractivity contribution in [2.75, 3.05) is 13.7 Å². The van der Waals surface area contributed by atoms with E-state index in [1.54, 1.807) is 7.11 Å². The lowest BCUT2D eigenvalue weighted by atomic mass is 9.87. The maximum absolute atomic E-state index is 10.5. The second-order valence-electron chi connectivity index (χ2n) is 4.67. The molecule has 0 amide bonds. The van der Waals surface area contributed by atoms with Crippen molar-refractivity contribution < 1.29 is 14.6 Å². The second kappa shape index (κ2) is 4.94. The van der Waals surface area contributed by atoms with E-state index in [4.69, 9.17) is 9.47 Å². The van der Waals surface area contributed by atoms with E-state index in [0.29, 0.717) is 6.61 Å². The third kappa shape index (κ3) is 2.17. The van der Waals surface area contributed by atoms with Gasteiger partial charge in [-0.05, 0) is 23.8 Å². The topological polar surface area (TPSA) is 38.7 Å². The van der Waals surface area contributed by atoms with E-state index in [1.807, 2.05) is 48.5 Å². The zero-order chi connectivity index (χ0) is 13.2. The van der Waals surface area contributed by atoms with Crippen LogP contribution in [0.1, 0.15) is 23.1 Å². The molecule has 19 heavy (non-hydrogen) atoms. The van der Waals surface area contributed by atoms with Crippen LogP contribution >= 0.6 is 0 Å². The minimum atomic E-state index is -0.529. The standard InChI is InChI=1S/C16H16O3/c1-18-12-8-6-11(7-9-12)14-10-19-15-5-3-2-4-13(15)16(14)17/h2-9,14,16-17H,10H2,1H3. The Morgan fingerprint density at radius 3 is 2.58 bits per heavy atom. The summed E-state index contributed by atoms with van der Waals surface area (Å²) in [5, 5.41) is 10.5. The number of para-hydroxylation sites is 1. The smallest absolute Gasteiger partial charge is 0.125 e. The third-order valence-electron chi connectivity index (χ3n) is 3.58. The van der Waals surface area contributed by atoms with Gasteiger partial charge in [-0.25, -0.2) is 0 Å². The monoisotopic (exact) mass is 256 g/mol. The Hall–Kier alpha value is -2.00. The van der Waals surface area contributed by atoms with Crippen LogP contribution in [-0.2, 0) is 0 Å². The van der Waals surface area contributed by atoms with Crippen LogP contribution in [0.3, 0.4) is 0 Å². The highest BCUT2D eigenvalue weighted by Crippen LogP contribution is 2.40. The molecule has 1 aliphatic rings. The van der Waals surface area contributed by atoms with Crippen LogP contribution in [0.15, 0.2) is 48.5 Å². The van der Waals surface area contributed by atoms with Gasteiger partial charge >= 0.3 is 0 Å². The zero-order valence-electron chi connectivity index (χ0n) is 10.7. The first-order valence-corrected chi connectivity index (χ1v) is 6.33. The highest BCUT2D eigenvalue weighted by Gasteiger charge is 2.30. The molecule has 1 aliphatic heterocycles. The number of rotatable bonds is 2. The fourth-order valence-electron chi connectivity index (χ4n) is 2.47. The van der Waals surface area contributed by atoms with Crippen molar-refractivity contribution >= 4 is 0 Å². The Bertz CT molecular complexity index is 562. The van der Waals surface area contributed by atoms with E-state index in [-0.39, 0.29) is 5.92 Å². The Morgan fingerprint density at radius 2 is 1.84 bits per heavy atom. The minimum Gasteiger partial charge on any atom is -0.497 e. The van der Waals surface area contributed by atoms with Crippen molar-refractivity contribution in [2.45, 2.75) is 12.0 Å². The summed E-state index contributed by atoms with van der Waals surface area (Å²) in [4.78, 5) is 0. The van der Waals surface area contributed by atoms with Gasteiger partial charge in [0.05, 0.1) is 19.8 Å². The van der Waals surface area contributed by atoms with Crippen molar-refractivity contribution in [3.8, 4) is 11.5 Å². The Kier molecular flexibility index (Phi) is 3.13. The molecule has 0 saturated carbocycles. The number of ether oxygens (including phenoxy) is 2. The van der Waals surface area contributed by atoms with Crippen LogP contribution in [0.5, 0.6) is 11.5 Å². The molecule has 3 rings (SSSR count). The fraction of sp³-hybridized carbons (Fsp3) is 0.250. The summed E-state index contributed by atoms with van der Waals surface area (Å²) in [6.45, 7) is 0.491. The highest BCUT2D eigenvalue weighted by atomic mass is 16.5. The summed E-state index contributed by atoms with van der Waals surface area (Å²) in [5.74, 6) is 1.55. The molecule has 0 aromatic heterocycles. The lowest BCUT2D eigenvalue weighted by molar-refractivity contribution is 0.0889. The van der Waals surface area contributed by atoms with E-state index in [9.17, 15) is 5.11 Å². The summed E-state index contributed by atoms with van der Waals surface area (Å²) < 4.78 is 10.9. The van der Waals surface area contributed by atoms with E-state index >= 15 is 0 Å². The lowest BCUT2D eigenvalue weighted by Gasteiger charge is -2.30. The van der Waals surface area contributed by atoms with E-state index < -0.39 is 6.10 Å². The van der Waals surface area contributed by atoms with Crippen LogP contribution in [-0.4, -0.2) is 18.8 Å². The molecule has 3 nitrogen and oxygen atoms in total. The van der Waals surface area contributed by atoms with Crippen LogP contribution < -0.4 is 9.47 Å². The van der Waals surface area contributed by atoms with Gasteiger partial charge in [0.25, 0.3) is 0 Å². The molecular weight excluding hydrogens is 240 g/mol. The van der Waals surface area contributed by atoms with Crippen molar-refractivity contribution in [3.05, 3.63) is 59.7 Å². The quantitative estimate of drug-likeness (QED) is 0.898. The van der Waals surface area contributed by atoms with Crippen LogP contribution in [0.2, 0.25) is 0 Å². The van der Waals surface area contributed by atoms with Crippen molar-refractivity contribution in [2.24, 2.45) is 0 Å². The van der Waals surface area contributed by atoms with Gasteiger partial charge in [-0.3, -0.25) is 0 Å². The van der Waals surface area contributed by atoms with Crippen molar-refractivity contribution in [1.82, 2.24) is 0 Å². The molecule has 98 valence electrons. The summed E-state index contributed by atoms with van der Waals surface area (Å²) in [6, 6.07) is 15.4. The molecule has 0 radical (unpaired) electrons. The number of aliphatic hydroxyl groups is 1. The predicted octanol–water partition coefficient (Wildman–Crippen LogP) is 2.90. The Labute approximate surface area is 112 Å². The molecule has 1 heterocycles. The van der Waals surface area contributed by atoms with Gasteiger partial charge in [-0.15, -0.1) is 0 Å². The molecular formula is C16H16O3. The fourth-order valence-corrected chi connectivity index (χ4v) is 2.47. The lowest BCUT2D eigenvalue weighted by Crippen LogP contribution is -2.24. The minimum absolute atomic E-state index is 0.0409. The molecule has 3 heteroatoms. The van der Waals surface area contributed by atoms with Gasteiger partial charge in [0.1, 0.15) is 11.5 Å². The number of fused-ring (bicyclic) bond motifs is 1. The third-order valence-corrected chi connectivity index (χ3v) is 3.58. The van der Waals surface area contributed by atoms with Gasteiger partial charge < -0.3 is 14.6 Å². The summed E-state index contributed by atoms with van der Waals surface area (Å²) >= 11 is 0. The van der Waals surface area contributed by atoms with E-state index in [0.717, 1.165) is 22.6 Å². The molecule has 1 N–H and O–H groups in total. The zero-order valence-corrected chi connectivity index (χ0v) is 10.7. The first kappa shape index (κ1) is 12.1. The van der Waals surface area contributed by atoms with Crippen molar-refractivity contribution in [1.29, 1.82) is 0 Å². The van der Waals surface area contributed by atoms with Crippen LogP contribution in [0, 0.1) is 0 Å². The Morgan fingerprint density at radius 1 is 1.11 bits per heavy atom. The van der Waals surface area contributed by atoms with Crippen LogP contribution in [0.4, 0.5) is 0 Å². The molecule has 0 fully saturated rings. The summed E-state index contributed by atoms with van der Waals surface area (Å²) in [7, 11) is 1.64. The number of methoxy groups -OCH3 is 1. The van der Waals surface area contributed by atoms with Gasteiger partial charge in [-0.1, -0.05) is 30.3 Å². The molecule has 0 aliphatic carbocycles. The maximum Gasteiger partial charge on any atom is 0.125 e. The largest absolute Gasteiger partial charge is 0.497 e. The summed E-state index contributed by atoms with van der Waals surface area (Å²) in [6.07, 6.45) is -0.529. The molecule has 0 saturated heterocycles. The second-order valence-corrected chi connectivity index (χ2v) is 4.67. The average Bonchev–Trinajstić information content (AvgIpc) is 2.48. The van der Waals surface area contributed by atoms with Gasteiger partial charge in [0.2, 0.25) is 0 Å². The first-order chi connectivity index (χ1) is 9.29. The normalized spacial score (nSPS) is 21.4. The molecule has 2 aromatic rings. The number of hydrogen-bond acceptors (Lipinski definition) is 3. The maximum atomic E-state index is 10.5. The molecule has 2 aromatic carbocycles.